The highest BCUT2D eigenvalue weighted by Gasteiger charge is 2.45. The third-order valence-corrected chi connectivity index (χ3v) is 3.86. The fourth-order valence-electron chi connectivity index (χ4n) is 2.57. The Morgan fingerprint density at radius 2 is 1.06 bits per heavy atom. The van der Waals surface area contributed by atoms with Crippen molar-refractivity contribution in [1.82, 2.24) is 14.7 Å². The molecule has 0 saturated carbocycles. The van der Waals surface area contributed by atoms with Crippen LogP contribution in [-0.2, 0) is 9.59 Å². The highest BCUT2D eigenvalue weighted by molar-refractivity contribution is 6.24. The second-order valence-electron chi connectivity index (χ2n) is 5.29. The fourth-order valence-corrected chi connectivity index (χ4v) is 2.57. The number of Topliss-reactive ketones (excluding diaryl/α,β-unsaturated/α-hetero) is 2. The first-order chi connectivity index (χ1) is 8.68. The van der Waals surface area contributed by atoms with Crippen molar-refractivity contribution in [1.29, 1.82) is 0 Å². The van der Waals surface area contributed by atoms with Gasteiger partial charge in [0.05, 0.1) is 5.70 Å². The van der Waals surface area contributed by atoms with Crippen LogP contribution in [0.3, 0.4) is 0 Å². The molecule has 0 radical (unpaired) electrons. The molecule has 3 aliphatic heterocycles. The normalized spacial score (nSPS) is 26.4. The predicted molar refractivity (Wildman–Crippen MR) is 64.5 cm³/mol. The van der Waals surface area contributed by atoms with Crippen molar-refractivity contribution in [2.45, 2.75) is 6.92 Å². The maximum atomic E-state index is 12.6. The van der Waals surface area contributed by atoms with Crippen LogP contribution >= 0.6 is 0 Å². The summed E-state index contributed by atoms with van der Waals surface area (Å²) >= 11 is 0. The molecule has 0 N–H and O–H groups in total. The van der Waals surface area contributed by atoms with Crippen LogP contribution in [0.4, 0.5) is 0 Å². The van der Waals surface area contributed by atoms with Crippen LogP contribution in [0.2, 0.25) is 0 Å². The molecule has 3 heterocycles. The molecule has 0 aromatic carbocycles. The Hall–Kier alpha value is -1.78. The highest BCUT2D eigenvalue weighted by atomic mass is 16.1. The summed E-state index contributed by atoms with van der Waals surface area (Å²) in [4.78, 5) is 31.1. The molecule has 4 aliphatic rings. The van der Waals surface area contributed by atoms with E-state index in [1.54, 1.807) is 6.92 Å². The summed E-state index contributed by atoms with van der Waals surface area (Å²) in [6, 6.07) is 0. The Morgan fingerprint density at radius 1 is 0.667 bits per heavy atom. The topological polar surface area (TPSA) is 43.2 Å². The number of hydrogen-bond donors (Lipinski definition) is 0. The van der Waals surface area contributed by atoms with Gasteiger partial charge in [0, 0.05) is 44.8 Å². The molecule has 0 atom stereocenters. The first kappa shape index (κ1) is 10.2. The van der Waals surface area contributed by atoms with Crippen LogP contribution in [-0.4, -0.2) is 65.5 Å². The molecule has 0 unspecified atom stereocenters. The van der Waals surface area contributed by atoms with Gasteiger partial charge in [-0.2, -0.15) is 0 Å². The second-order valence-corrected chi connectivity index (χ2v) is 5.29. The first-order valence-corrected chi connectivity index (χ1v) is 6.48. The van der Waals surface area contributed by atoms with E-state index in [0.29, 0.717) is 22.7 Å². The number of hydrogen-bond acceptors (Lipinski definition) is 5. The van der Waals surface area contributed by atoms with Crippen LogP contribution in [0, 0.1) is 0 Å². The zero-order chi connectivity index (χ0) is 12.4. The van der Waals surface area contributed by atoms with Gasteiger partial charge in [-0.1, -0.05) is 0 Å². The van der Waals surface area contributed by atoms with Crippen molar-refractivity contribution < 1.29 is 9.59 Å². The van der Waals surface area contributed by atoms with Gasteiger partial charge in [0.15, 0.2) is 0 Å². The number of carbonyl (C=O) groups excluding carboxylic acids is 2. The number of allylic oxidation sites excluding steroid dienone is 1. The van der Waals surface area contributed by atoms with E-state index in [0.717, 1.165) is 39.3 Å². The van der Waals surface area contributed by atoms with Crippen molar-refractivity contribution in [3.8, 4) is 0 Å². The van der Waals surface area contributed by atoms with Gasteiger partial charge in [0.2, 0.25) is 11.6 Å². The van der Waals surface area contributed by atoms with Gasteiger partial charge in [-0.15, -0.1) is 0 Å². The first-order valence-electron chi connectivity index (χ1n) is 6.48. The van der Waals surface area contributed by atoms with E-state index >= 15 is 0 Å². The van der Waals surface area contributed by atoms with Crippen molar-refractivity contribution in [2.24, 2.45) is 0 Å². The van der Waals surface area contributed by atoms with E-state index in [1.807, 2.05) is 14.7 Å². The van der Waals surface area contributed by atoms with Crippen LogP contribution in [0.15, 0.2) is 22.7 Å². The molecule has 94 valence electrons. The summed E-state index contributed by atoms with van der Waals surface area (Å²) in [6.07, 6.45) is 0. The molecule has 18 heavy (non-hydrogen) atoms. The Kier molecular flexibility index (Phi) is 1.78. The van der Waals surface area contributed by atoms with E-state index < -0.39 is 0 Å². The number of carbonyl (C=O) groups is 2. The summed E-state index contributed by atoms with van der Waals surface area (Å²) in [6.45, 7) is 7.19. The molecule has 1 aliphatic carbocycles. The van der Waals surface area contributed by atoms with Gasteiger partial charge in [-0.3, -0.25) is 9.59 Å². The second kappa shape index (κ2) is 3.16. The van der Waals surface area contributed by atoms with E-state index in [9.17, 15) is 9.59 Å². The maximum absolute atomic E-state index is 12.6. The molecule has 4 rings (SSSR count). The van der Waals surface area contributed by atoms with Gasteiger partial charge in [-0.25, -0.2) is 0 Å². The summed E-state index contributed by atoms with van der Waals surface area (Å²) < 4.78 is 0. The Labute approximate surface area is 105 Å². The lowest BCUT2D eigenvalue weighted by atomic mass is 9.95. The highest BCUT2D eigenvalue weighted by Crippen LogP contribution is 2.36. The smallest absolute Gasteiger partial charge is 0.227 e. The molecule has 0 amide bonds. The molecular formula is C13H15N3O2. The van der Waals surface area contributed by atoms with Gasteiger partial charge in [-0.05, 0) is 6.92 Å². The largest absolute Gasteiger partial charge is 0.364 e. The molecule has 0 aromatic rings. The third kappa shape index (κ3) is 1.33. The Morgan fingerprint density at radius 3 is 1.50 bits per heavy atom. The van der Waals surface area contributed by atoms with Crippen LogP contribution in [0.25, 0.3) is 0 Å². The quantitative estimate of drug-likeness (QED) is 0.498. The molecule has 0 spiro atoms. The van der Waals surface area contributed by atoms with Crippen LogP contribution < -0.4 is 0 Å². The van der Waals surface area contributed by atoms with Crippen LogP contribution in [0.1, 0.15) is 6.92 Å². The van der Waals surface area contributed by atoms with Gasteiger partial charge in [0.1, 0.15) is 11.4 Å². The van der Waals surface area contributed by atoms with Crippen molar-refractivity contribution in [3.05, 3.63) is 22.7 Å². The van der Waals surface area contributed by atoms with Gasteiger partial charge >= 0.3 is 0 Å². The molecular weight excluding hydrogens is 230 g/mol. The minimum absolute atomic E-state index is 0.0518. The molecule has 3 saturated heterocycles. The van der Waals surface area contributed by atoms with Crippen molar-refractivity contribution in [3.63, 3.8) is 0 Å². The van der Waals surface area contributed by atoms with Gasteiger partial charge < -0.3 is 14.7 Å². The molecule has 3 fully saturated rings. The number of nitrogens with zero attached hydrogens (tertiary/aromatic N) is 3. The predicted octanol–water partition coefficient (Wildman–Crippen LogP) is -0.429. The lowest BCUT2D eigenvalue weighted by Crippen LogP contribution is -2.32. The van der Waals surface area contributed by atoms with E-state index in [-0.39, 0.29) is 11.6 Å². The summed E-state index contributed by atoms with van der Waals surface area (Å²) in [5.41, 5.74) is 2.59. The monoisotopic (exact) mass is 245 g/mol. The average Bonchev–Trinajstić information content (AvgIpc) is 3.16. The standard InChI is InChI=1S/C13H15N3O2/c1-8-9(14-2-3-14)13(18)11(16-6-7-16)10(12(8)17)15-4-5-15/h2-7H2,1H3. The molecule has 5 nitrogen and oxygen atoms in total. The lowest BCUT2D eigenvalue weighted by Gasteiger charge is -2.24. The van der Waals surface area contributed by atoms with E-state index in [1.165, 1.54) is 0 Å². The minimum Gasteiger partial charge on any atom is -0.364 e. The summed E-state index contributed by atoms with van der Waals surface area (Å²) in [7, 11) is 0. The van der Waals surface area contributed by atoms with Crippen molar-refractivity contribution >= 4 is 11.6 Å². The number of rotatable bonds is 3. The summed E-state index contributed by atoms with van der Waals surface area (Å²) in [5, 5.41) is 0. The Balaban J connectivity index is 1.83. The fraction of sp³-hybridized carbons (Fsp3) is 0.538. The third-order valence-electron chi connectivity index (χ3n) is 3.86. The average molecular weight is 245 g/mol. The van der Waals surface area contributed by atoms with E-state index in [4.69, 9.17) is 0 Å². The summed E-state index contributed by atoms with van der Waals surface area (Å²) in [5.74, 6) is 0.111. The van der Waals surface area contributed by atoms with Crippen molar-refractivity contribution in [2.75, 3.05) is 39.3 Å². The van der Waals surface area contributed by atoms with Crippen LogP contribution in [0.5, 0.6) is 0 Å². The maximum Gasteiger partial charge on any atom is 0.227 e. The Bertz CT molecular complexity index is 534. The number of ketones is 2. The zero-order valence-electron chi connectivity index (χ0n) is 10.4. The van der Waals surface area contributed by atoms with E-state index in [2.05, 4.69) is 0 Å². The zero-order valence-corrected chi connectivity index (χ0v) is 10.4. The minimum atomic E-state index is 0.0518. The lowest BCUT2D eigenvalue weighted by molar-refractivity contribution is -0.118. The molecule has 5 heteroatoms. The van der Waals surface area contributed by atoms with Gasteiger partial charge in [0.25, 0.3) is 0 Å². The molecule has 0 bridgehead atoms. The molecule has 0 aromatic heterocycles. The SMILES string of the molecule is CC1=C(N2CC2)C(=O)C(N2CC2)=C(N2CC2)C1=O.